The van der Waals surface area contributed by atoms with Crippen LogP contribution >= 0.6 is 0 Å². The van der Waals surface area contributed by atoms with E-state index in [-0.39, 0.29) is 24.5 Å². The molecule has 1 saturated carbocycles. The summed E-state index contributed by atoms with van der Waals surface area (Å²) in [4.78, 5) is 26.0. The molecule has 2 aliphatic rings. The Hall–Kier alpha value is -1.10. The van der Waals surface area contributed by atoms with Gasteiger partial charge in [0.2, 0.25) is 5.91 Å². The number of hydrogen-bond acceptors (Lipinski definition) is 3. The fraction of sp³-hybridized carbons (Fsp3) is 0.800. The summed E-state index contributed by atoms with van der Waals surface area (Å²) in [5.41, 5.74) is 0. The molecule has 0 bridgehead atoms. The summed E-state index contributed by atoms with van der Waals surface area (Å²) in [6.07, 6.45) is 2.41. The third-order valence-electron chi connectivity index (χ3n) is 3.17. The molecule has 1 heterocycles. The van der Waals surface area contributed by atoms with Crippen LogP contribution in [0.25, 0.3) is 0 Å². The van der Waals surface area contributed by atoms with E-state index in [2.05, 4.69) is 5.32 Å². The van der Waals surface area contributed by atoms with E-state index in [9.17, 15) is 9.59 Å². The standard InChI is InChI=1S/C10H17N3O2/c1-11-8(7-3-4-7)5-13-9(14)6-12(2)10(13)15/h7-8,11H,3-6H2,1-2H3. The van der Waals surface area contributed by atoms with Crippen molar-refractivity contribution in [2.45, 2.75) is 18.9 Å². The molecule has 5 nitrogen and oxygen atoms in total. The van der Waals surface area contributed by atoms with Gasteiger partial charge >= 0.3 is 6.03 Å². The lowest BCUT2D eigenvalue weighted by Gasteiger charge is -2.21. The number of rotatable bonds is 4. The van der Waals surface area contributed by atoms with Gasteiger partial charge in [0.05, 0.1) is 0 Å². The van der Waals surface area contributed by atoms with E-state index in [1.165, 1.54) is 22.6 Å². The first-order valence-electron chi connectivity index (χ1n) is 5.36. The largest absolute Gasteiger partial charge is 0.327 e. The van der Waals surface area contributed by atoms with Crippen molar-refractivity contribution in [2.24, 2.45) is 5.92 Å². The summed E-state index contributed by atoms with van der Waals surface area (Å²) in [6.45, 7) is 0.739. The Bertz CT molecular complexity index is 288. The number of carbonyl (C=O) groups is 2. The summed E-state index contributed by atoms with van der Waals surface area (Å²) in [5.74, 6) is 0.560. The van der Waals surface area contributed by atoms with Crippen LogP contribution in [0.3, 0.4) is 0 Å². The minimum absolute atomic E-state index is 0.0802. The van der Waals surface area contributed by atoms with Gasteiger partial charge in [-0.1, -0.05) is 0 Å². The van der Waals surface area contributed by atoms with E-state index in [4.69, 9.17) is 0 Å². The molecule has 1 aliphatic heterocycles. The van der Waals surface area contributed by atoms with E-state index in [1.807, 2.05) is 7.05 Å². The van der Waals surface area contributed by atoms with Crippen LogP contribution in [-0.2, 0) is 4.79 Å². The van der Waals surface area contributed by atoms with Gasteiger partial charge in [0, 0.05) is 19.6 Å². The first-order valence-corrected chi connectivity index (χ1v) is 5.36. The van der Waals surface area contributed by atoms with Crippen LogP contribution in [0, 0.1) is 5.92 Å². The van der Waals surface area contributed by atoms with Crippen molar-refractivity contribution in [3.63, 3.8) is 0 Å². The maximum absolute atomic E-state index is 11.6. The predicted molar refractivity (Wildman–Crippen MR) is 55.3 cm³/mol. The summed E-state index contributed by atoms with van der Waals surface area (Å²) in [6, 6.07) is 0.102. The van der Waals surface area contributed by atoms with E-state index in [1.54, 1.807) is 7.05 Å². The fourth-order valence-electron chi connectivity index (χ4n) is 2.02. The number of likely N-dealkylation sites (N-methyl/N-ethyl adjacent to an activating group) is 2. The SMILES string of the molecule is CNC(CN1C(=O)CN(C)C1=O)C1CC1. The quantitative estimate of drug-likeness (QED) is 0.659. The minimum Gasteiger partial charge on any atom is -0.318 e. The number of amides is 3. The summed E-state index contributed by atoms with van der Waals surface area (Å²) >= 11 is 0. The lowest BCUT2D eigenvalue weighted by molar-refractivity contribution is -0.125. The molecule has 3 amide bonds. The highest BCUT2D eigenvalue weighted by Crippen LogP contribution is 2.33. The van der Waals surface area contributed by atoms with Gasteiger partial charge in [-0.15, -0.1) is 0 Å². The number of urea groups is 1. The van der Waals surface area contributed by atoms with Crippen LogP contribution in [0.15, 0.2) is 0 Å². The van der Waals surface area contributed by atoms with Crippen LogP contribution in [0.1, 0.15) is 12.8 Å². The van der Waals surface area contributed by atoms with Crippen molar-refractivity contribution in [2.75, 3.05) is 27.2 Å². The van der Waals surface area contributed by atoms with Crippen LogP contribution in [0.5, 0.6) is 0 Å². The number of imide groups is 1. The summed E-state index contributed by atoms with van der Waals surface area (Å²) < 4.78 is 0. The summed E-state index contributed by atoms with van der Waals surface area (Å²) in [5, 5.41) is 3.18. The van der Waals surface area contributed by atoms with Crippen LogP contribution < -0.4 is 5.32 Å². The maximum Gasteiger partial charge on any atom is 0.327 e. The highest BCUT2D eigenvalue weighted by molar-refractivity contribution is 6.01. The van der Waals surface area contributed by atoms with Gasteiger partial charge in [-0.25, -0.2) is 4.79 Å². The first-order chi connectivity index (χ1) is 7.13. The molecule has 84 valence electrons. The number of nitrogens with one attached hydrogen (secondary N) is 1. The van der Waals surface area contributed by atoms with E-state index in [0.29, 0.717) is 12.5 Å². The average molecular weight is 211 g/mol. The monoisotopic (exact) mass is 211 g/mol. The molecule has 0 aromatic heterocycles. The molecule has 1 aliphatic carbocycles. The zero-order valence-electron chi connectivity index (χ0n) is 9.19. The lowest BCUT2D eigenvalue weighted by Crippen LogP contribution is -2.44. The van der Waals surface area contributed by atoms with E-state index >= 15 is 0 Å². The molecule has 1 N–H and O–H groups in total. The van der Waals surface area contributed by atoms with E-state index in [0.717, 1.165) is 0 Å². The molecule has 2 rings (SSSR count). The topological polar surface area (TPSA) is 52.7 Å². The molecule has 15 heavy (non-hydrogen) atoms. The first kappa shape index (κ1) is 10.4. The zero-order valence-corrected chi connectivity index (χ0v) is 9.19. The molecule has 0 aromatic rings. The lowest BCUT2D eigenvalue weighted by atomic mass is 10.2. The van der Waals surface area contributed by atoms with Gasteiger partial charge in [-0.05, 0) is 25.8 Å². The Balaban J connectivity index is 1.97. The Morgan fingerprint density at radius 1 is 1.47 bits per heavy atom. The molecule has 5 heteroatoms. The van der Waals surface area contributed by atoms with Gasteiger partial charge in [-0.2, -0.15) is 0 Å². The number of nitrogens with zero attached hydrogens (tertiary/aromatic N) is 2. The molecule has 1 unspecified atom stereocenters. The smallest absolute Gasteiger partial charge is 0.318 e. The van der Waals surface area contributed by atoms with Gasteiger partial charge in [-0.3, -0.25) is 9.69 Å². The van der Waals surface area contributed by atoms with Crippen molar-refractivity contribution in [3.8, 4) is 0 Å². The molecular weight excluding hydrogens is 194 g/mol. The molecule has 0 radical (unpaired) electrons. The normalized spacial score (nSPS) is 23.9. The Morgan fingerprint density at radius 2 is 2.13 bits per heavy atom. The van der Waals surface area contributed by atoms with Gasteiger partial charge in [0.1, 0.15) is 6.54 Å². The summed E-state index contributed by atoms with van der Waals surface area (Å²) in [7, 11) is 3.55. The maximum atomic E-state index is 11.6. The third-order valence-corrected chi connectivity index (χ3v) is 3.17. The molecule has 0 spiro atoms. The van der Waals surface area contributed by atoms with E-state index < -0.39 is 0 Å². The number of carbonyl (C=O) groups excluding carboxylic acids is 2. The van der Waals surface area contributed by atoms with Crippen LogP contribution in [0.2, 0.25) is 0 Å². The van der Waals surface area contributed by atoms with Crippen molar-refractivity contribution >= 4 is 11.9 Å². The van der Waals surface area contributed by atoms with Gasteiger partial charge in [0.25, 0.3) is 0 Å². The highest BCUT2D eigenvalue weighted by atomic mass is 16.2. The molecular formula is C10H17N3O2. The second-order valence-corrected chi connectivity index (χ2v) is 4.38. The Kier molecular flexibility index (Phi) is 2.65. The fourth-order valence-corrected chi connectivity index (χ4v) is 2.02. The molecule has 2 fully saturated rings. The van der Waals surface area contributed by atoms with Crippen molar-refractivity contribution < 1.29 is 9.59 Å². The Labute approximate surface area is 89.4 Å². The number of hydrogen-bond donors (Lipinski definition) is 1. The third kappa shape index (κ3) is 1.97. The molecule has 1 saturated heterocycles. The van der Waals surface area contributed by atoms with Gasteiger partial charge < -0.3 is 10.2 Å². The molecule has 1 atom stereocenters. The van der Waals surface area contributed by atoms with Crippen LogP contribution in [-0.4, -0.2) is 55.0 Å². The second-order valence-electron chi connectivity index (χ2n) is 4.38. The second kappa shape index (κ2) is 3.81. The average Bonchev–Trinajstić information content (AvgIpc) is 2.98. The molecule has 0 aromatic carbocycles. The highest BCUT2D eigenvalue weighted by Gasteiger charge is 2.38. The predicted octanol–water partition coefficient (Wildman–Crippen LogP) is -0.122. The Morgan fingerprint density at radius 3 is 2.53 bits per heavy atom. The zero-order chi connectivity index (χ0) is 11.0. The van der Waals surface area contributed by atoms with Crippen molar-refractivity contribution in [1.82, 2.24) is 15.1 Å². The minimum atomic E-state index is -0.166. The van der Waals surface area contributed by atoms with Crippen molar-refractivity contribution in [1.29, 1.82) is 0 Å². The van der Waals surface area contributed by atoms with Gasteiger partial charge in [0.15, 0.2) is 0 Å². The van der Waals surface area contributed by atoms with Crippen LogP contribution in [0.4, 0.5) is 4.79 Å². The van der Waals surface area contributed by atoms with Crippen molar-refractivity contribution in [3.05, 3.63) is 0 Å².